The van der Waals surface area contributed by atoms with E-state index in [9.17, 15) is 4.79 Å². The summed E-state index contributed by atoms with van der Waals surface area (Å²) in [5.74, 6) is -0.0586. The quantitative estimate of drug-likeness (QED) is 0.663. The van der Waals surface area contributed by atoms with Crippen LogP contribution in [0.4, 0.5) is 11.4 Å². The van der Waals surface area contributed by atoms with Crippen molar-refractivity contribution in [3.05, 3.63) is 23.8 Å². The highest BCUT2D eigenvalue weighted by molar-refractivity contribution is 5.89. The molecule has 1 amide bonds. The van der Waals surface area contributed by atoms with E-state index in [1.807, 2.05) is 25.1 Å². The molecule has 0 spiro atoms. The Bertz CT molecular complexity index is 363. The lowest BCUT2D eigenvalue weighted by Crippen LogP contribution is -2.10. The van der Waals surface area contributed by atoms with Gasteiger partial charge in [0.1, 0.15) is 0 Å². The molecule has 0 aliphatic heterocycles. The molecule has 0 fully saturated rings. The van der Waals surface area contributed by atoms with Gasteiger partial charge in [-0.2, -0.15) is 0 Å². The maximum absolute atomic E-state index is 10.9. The molecule has 88 valence electrons. The minimum Gasteiger partial charge on any atom is -0.385 e. The van der Waals surface area contributed by atoms with Crippen molar-refractivity contribution in [2.24, 2.45) is 5.73 Å². The number of aryl methyl sites for hydroxylation is 1. The first-order chi connectivity index (χ1) is 7.63. The number of anilines is 2. The summed E-state index contributed by atoms with van der Waals surface area (Å²) in [5, 5.41) is 6.06. The number of hydrogen-bond donors (Lipinski definition) is 3. The van der Waals surface area contributed by atoms with Gasteiger partial charge in [0.2, 0.25) is 5.91 Å². The molecule has 0 saturated heterocycles. The highest BCUT2D eigenvalue weighted by atomic mass is 16.1. The summed E-state index contributed by atoms with van der Waals surface area (Å²) < 4.78 is 0. The van der Waals surface area contributed by atoms with Crippen LogP contribution in [-0.2, 0) is 4.79 Å². The third-order valence-electron chi connectivity index (χ3n) is 2.25. The highest BCUT2D eigenvalue weighted by Gasteiger charge is 2.00. The SMILES string of the molecule is CC(=O)Nc1ccc(C)c(NCCCN)c1. The van der Waals surface area contributed by atoms with E-state index < -0.39 is 0 Å². The number of benzene rings is 1. The van der Waals surface area contributed by atoms with Crippen molar-refractivity contribution < 1.29 is 4.79 Å². The van der Waals surface area contributed by atoms with E-state index in [-0.39, 0.29) is 5.91 Å². The van der Waals surface area contributed by atoms with Crippen molar-refractivity contribution in [1.29, 1.82) is 0 Å². The molecular formula is C12H19N3O. The van der Waals surface area contributed by atoms with Crippen molar-refractivity contribution in [2.75, 3.05) is 23.7 Å². The normalized spacial score (nSPS) is 9.94. The number of hydrogen-bond acceptors (Lipinski definition) is 3. The van der Waals surface area contributed by atoms with Crippen molar-refractivity contribution in [2.45, 2.75) is 20.3 Å². The standard InChI is InChI=1S/C12H19N3O/c1-9-4-5-11(15-10(2)16)8-12(9)14-7-3-6-13/h4-5,8,14H,3,6-7,13H2,1-2H3,(H,15,16). The zero-order valence-corrected chi connectivity index (χ0v) is 9.84. The molecule has 1 rings (SSSR count). The topological polar surface area (TPSA) is 67.2 Å². The first kappa shape index (κ1) is 12.5. The van der Waals surface area contributed by atoms with Crippen LogP contribution in [0.25, 0.3) is 0 Å². The first-order valence-electron chi connectivity index (χ1n) is 5.45. The molecule has 1 aromatic carbocycles. The van der Waals surface area contributed by atoms with E-state index in [1.165, 1.54) is 6.92 Å². The van der Waals surface area contributed by atoms with E-state index in [0.29, 0.717) is 6.54 Å². The van der Waals surface area contributed by atoms with Crippen LogP contribution < -0.4 is 16.4 Å². The first-order valence-corrected chi connectivity index (χ1v) is 5.45. The molecule has 0 bridgehead atoms. The average molecular weight is 221 g/mol. The third-order valence-corrected chi connectivity index (χ3v) is 2.25. The lowest BCUT2D eigenvalue weighted by atomic mass is 10.1. The summed E-state index contributed by atoms with van der Waals surface area (Å²) >= 11 is 0. The van der Waals surface area contributed by atoms with Gasteiger partial charge in [-0.3, -0.25) is 4.79 Å². The van der Waals surface area contributed by atoms with E-state index in [0.717, 1.165) is 29.9 Å². The maximum Gasteiger partial charge on any atom is 0.221 e. The fraction of sp³-hybridized carbons (Fsp3) is 0.417. The Hall–Kier alpha value is -1.55. The van der Waals surface area contributed by atoms with Crippen molar-refractivity contribution >= 4 is 17.3 Å². The van der Waals surface area contributed by atoms with Crippen LogP contribution in [0.5, 0.6) is 0 Å². The summed E-state index contributed by atoms with van der Waals surface area (Å²) in [6.07, 6.45) is 0.934. The fourth-order valence-corrected chi connectivity index (χ4v) is 1.42. The molecule has 0 aliphatic rings. The van der Waals surface area contributed by atoms with Gasteiger partial charge in [0.25, 0.3) is 0 Å². The summed E-state index contributed by atoms with van der Waals surface area (Å²) in [6.45, 7) is 5.06. The van der Waals surface area contributed by atoms with Gasteiger partial charge < -0.3 is 16.4 Å². The Balaban J connectivity index is 2.70. The van der Waals surface area contributed by atoms with Gasteiger partial charge >= 0.3 is 0 Å². The molecule has 16 heavy (non-hydrogen) atoms. The number of rotatable bonds is 5. The smallest absolute Gasteiger partial charge is 0.221 e. The summed E-state index contributed by atoms with van der Waals surface area (Å²) in [4.78, 5) is 10.9. The van der Waals surface area contributed by atoms with Crippen molar-refractivity contribution in [3.8, 4) is 0 Å². The predicted molar refractivity (Wildman–Crippen MR) is 67.6 cm³/mol. The van der Waals surface area contributed by atoms with Crippen LogP contribution in [0.3, 0.4) is 0 Å². The Labute approximate surface area is 96.2 Å². The van der Waals surface area contributed by atoms with Gasteiger partial charge in [-0.05, 0) is 37.6 Å². The van der Waals surface area contributed by atoms with Crippen LogP contribution in [0, 0.1) is 6.92 Å². The van der Waals surface area contributed by atoms with Gasteiger partial charge in [-0.25, -0.2) is 0 Å². The number of nitrogens with two attached hydrogens (primary N) is 1. The molecule has 4 heteroatoms. The van der Waals surface area contributed by atoms with Gasteiger partial charge in [0.15, 0.2) is 0 Å². The zero-order valence-electron chi connectivity index (χ0n) is 9.84. The lowest BCUT2D eigenvalue weighted by molar-refractivity contribution is -0.114. The number of nitrogens with one attached hydrogen (secondary N) is 2. The molecular weight excluding hydrogens is 202 g/mol. The van der Waals surface area contributed by atoms with E-state index in [1.54, 1.807) is 0 Å². The molecule has 0 aliphatic carbocycles. The molecule has 0 radical (unpaired) electrons. The molecule has 0 unspecified atom stereocenters. The van der Waals surface area contributed by atoms with Crippen LogP contribution in [-0.4, -0.2) is 19.0 Å². The van der Waals surface area contributed by atoms with E-state index in [4.69, 9.17) is 5.73 Å². The molecule has 0 aromatic heterocycles. The largest absolute Gasteiger partial charge is 0.385 e. The second-order valence-electron chi connectivity index (χ2n) is 3.78. The fourth-order valence-electron chi connectivity index (χ4n) is 1.42. The molecule has 4 N–H and O–H groups in total. The van der Waals surface area contributed by atoms with E-state index in [2.05, 4.69) is 10.6 Å². The Kier molecular flexibility index (Phi) is 4.79. The van der Waals surface area contributed by atoms with Crippen LogP contribution in [0.1, 0.15) is 18.9 Å². The predicted octanol–water partition coefficient (Wildman–Crippen LogP) is 1.71. The van der Waals surface area contributed by atoms with Gasteiger partial charge in [0.05, 0.1) is 0 Å². The van der Waals surface area contributed by atoms with E-state index >= 15 is 0 Å². The molecule has 0 heterocycles. The highest BCUT2D eigenvalue weighted by Crippen LogP contribution is 2.20. The van der Waals surface area contributed by atoms with Gasteiger partial charge in [0, 0.05) is 24.8 Å². The maximum atomic E-state index is 10.9. The Morgan fingerprint density at radius 3 is 2.81 bits per heavy atom. The summed E-state index contributed by atoms with van der Waals surface area (Å²) in [5.41, 5.74) is 8.44. The lowest BCUT2D eigenvalue weighted by Gasteiger charge is -2.11. The third kappa shape index (κ3) is 3.90. The van der Waals surface area contributed by atoms with Crippen molar-refractivity contribution in [1.82, 2.24) is 0 Å². The molecule has 0 saturated carbocycles. The van der Waals surface area contributed by atoms with Crippen LogP contribution >= 0.6 is 0 Å². The van der Waals surface area contributed by atoms with Crippen LogP contribution in [0.2, 0.25) is 0 Å². The Morgan fingerprint density at radius 1 is 1.44 bits per heavy atom. The molecule has 1 aromatic rings. The second-order valence-corrected chi connectivity index (χ2v) is 3.78. The van der Waals surface area contributed by atoms with Gasteiger partial charge in [-0.15, -0.1) is 0 Å². The Morgan fingerprint density at radius 2 is 2.19 bits per heavy atom. The number of carbonyl (C=O) groups excluding carboxylic acids is 1. The number of carbonyl (C=O) groups is 1. The minimum atomic E-state index is -0.0586. The monoisotopic (exact) mass is 221 g/mol. The second kappa shape index (κ2) is 6.12. The average Bonchev–Trinajstić information content (AvgIpc) is 2.22. The molecule has 4 nitrogen and oxygen atoms in total. The van der Waals surface area contributed by atoms with Gasteiger partial charge in [-0.1, -0.05) is 6.07 Å². The zero-order chi connectivity index (χ0) is 12.0. The minimum absolute atomic E-state index is 0.0586. The molecule has 0 atom stereocenters. The number of amides is 1. The van der Waals surface area contributed by atoms with Crippen molar-refractivity contribution in [3.63, 3.8) is 0 Å². The van der Waals surface area contributed by atoms with Crippen LogP contribution in [0.15, 0.2) is 18.2 Å². The summed E-state index contributed by atoms with van der Waals surface area (Å²) in [6, 6.07) is 5.81. The summed E-state index contributed by atoms with van der Waals surface area (Å²) in [7, 11) is 0.